The number of rotatable bonds is 3. The number of pyridine rings is 1. The fraction of sp³-hybridized carbons (Fsp3) is 0.0556. The highest BCUT2D eigenvalue weighted by molar-refractivity contribution is 5.68. The first-order chi connectivity index (χ1) is 9.86. The predicted octanol–water partition coefficient (Wildman–Crippen LogP) is 4.42. The van der Waals surface area contributed by atoms with Crippen LogP contribution in [0, 0.1) is 0 Å². The van der Waals surface area contributed by atoms with E-state index in [0.717, 1.165) is 11.3 Å². The molecule has 2 aromatic carbocycles. The minimum Gasteiger partial charge on any atom is -0.481 e. The first kappa shape index (κ1) is 12.4. The van der Waals surface area contributed by atoms with E-state index in [0.29, 0.717) is 5.88 Å². The summed E-state index contributed by atoms with van der Waals surface area (Å²) in [5.74, 6) is 0.634. The molecule has 0 radical (unpaired) electrons. The lowest BCUT2D eigenvalue weighted by Gasteiger charge is -2.05. The van der Waals surface area contributed by atoms with Gasteiger partial charge in [0.15, 0.2) is 0 Å². The first-order valence-corrected chi connectivity index (χ1v) is 6.54. The zero-order chi connectivity index (χ0) is 13.8. The maximum atomic E-state index is 5.16. The Hall–Kier alpha value is -2.61. The van der Waals surface area contributed by atoms with Crippen molar-refractivity contribution >= 4 is 0 Å². The summed E-state index contributed by atoms with van der Waals surface area (Å²) in [6, 6.07) is 24.5. The van der Waals surface area contributed by atoms with Crippen LogP contribution in [0.2, 0.25) is 0 Å². The lowest BCUT2D eigenvalue weighted by Crippen LogP contribution is -1.89. The summed E-state index contributed by atoms with van der Waals surface area (Å²) in [7, 11) is 1.63. The molecule has 0 unspecified atom stereocenters. The Balaban J connectivity index is 1.93. The van der Waals surface area contributed by atoms with Crippen LogP contribution in [0.15, 0.2) is 72.8 Å². The van der Waals surface area contributed by atoms with Crippen LogP contribution in [0.25, 0.3) is 22.4 Å². The summed E-state index contributed by atoms with van der Waals surface area (Å²) < 4.78 is 5.16. The van der Waals surface area contributed by atoms with Crippen molar-refractivity contribution < 1.29 is 4.74 Å². The van der Waals surface area contributed by atoms with Gasteiger partial charge in [-0.15, -0.1) is 0 Å². The largest absolute Gasteiger partial charge is 0.481 e. The SMILES string of the molecule is COc1cccc(-c2ccc(-c3ccccc3)cc2)n1. The normalized spacial score (nSPS) is 10.2. The van der Waals surface area contributed by atoms with Gasteiger partial charge < -0.3 is 4.74 Å². The van der Waals surface area contributed by atoms with E-state index in [1.54, 1.807) is 7.11 Å². The Bertz CT molecular complexity index is 690. The number of nitrogens with zero attached hydrogens (tertiary/aromatic N) is 1. The molecule has 0 fully saturated rings. The van der Waals surface area contributed by atoms with Crippen LogP contribution in [-0.4, -0.2) is 12.1 Å². The Morgan fingerprint density at radius 1 is 0.650 bits per heavy atom. The Labute approximate surface area is 118 Å². The monoisotopic (exact) mass is 261 g/mol. The number of methoxy groups -OCH3 is 1. The molecule has 0 bridgehead atoms. The fourth-order valence-electron chi connectivity index (χ4n) is 2.15. The molecule has 2 heteroatoms. The standard InChI is InChI=1S/C18H15NO/c1-20-18-9-5-8-17(19-18)16-12-10-15(11-13-16)14-6-3-2-4-7-14/h2-13H,1H3. The highest BCUT2D eigenvalue weighted by Crippen LogP contribution is 2.24. The lowest BCUT2D eigenvalue weighted by atomic mass is 10.0. The van der Waals surface area contributed by atoms with Crippen LogP contribution in [0.1, 0.15) is 0 Å². The van der Waals surface area contributed by atoms with E-state index < -0.39 is 0 Å². The van der Waals surface area contributed by atoms with E-state index in [1.807, 2.05) is 36.4 Å². The molecule has 0 saturated carbocycles. The van der Waals surface area contributed by atoms with Crippen molar-refractivity contribution in [3.8, 4) is 28.3 Å². The van der Waals surface area contributed by atoms with Crippen molar-refractivity contribution in [2.24, 2.45) is 0 Å². The van der Waals surface area contributed by atoms with Gasteiger partial charge in [0.2, 0.25) is 5.88 Å². The fourth-order valence-corrected chi connectivity index (χ4v) is 2.15. The summed E-state index contributed by atoms with van der Waals surface area (Å²) in [5.41, 5.74) is 4.43. The van der Waals surface area contributed by atoms with Gasteiger partial charge in [0.05, 0.1) is 12.8 Å². The van der Waals surface area contributed by atoms with Crippen LogP contribution in [0.4, 0.5) is 0 Å². The van der Waals surface area contributed by atoms with Crippen molar-refractivity contribution in [2.45, 2.75) is 0 Å². The molecule has 1 aromatic heterocycles. The lowest BCUT2D eigenvalue weighted by molar-refractivity contribution is 0.398. The molecule has 0 atom stereocenters. The van der Waals surface area contributed by atoms with Crippen molar-refractivity contribution in [2.75, 3.05) is 7.11 Å². The molecule has 0 saturated heterocycles. The van der Waals surface area contributed by atoms with Gasteiger partial charge >= 0.3 is 0 Å². The van der Waals surface area contributed by atoms with Gasteiger partial charge in [-0.25, -0.2) is 4.98 Å². The first-order valence-electron chi connectivity index (χ1n) is 6.54. The molecule has 3 rings (SSSR count). The Morgan fingerprint density at radius 2 is 1.30 bits per heavy atom. The van der Waals surface area contributed by atoms with Crippen LogP contribution in [-0.2, 0) is 0 Å². The summed E-state index contributed by atoms with van der Waals surface area (Å²) in [4.78, 5) is 4.44. The smallest absolute Gasteiger partial charge is 0.213 e. The quantitative estimate of drug-likeness (QED) is 0.696. The van der Waals surface area contributed by atoms with Gasteiger partial charge in [-0.05, 0) is 17.2 Å². The average molecular weight is 261 g/mol. The summed E-state index contributed by atoms with van der Waals surface area (Å²) in [5, 5.41) is 0. The minimum atomic E-state index is 0.634. The number of benzene rings is 2. The van der Waals surface area contributed by atoms with Crippen LogP contribution < -0.4 is 4.74 Å². The number of aromatic nitrogens is 1. The van der Waals surface area contributed by atoms with Gasteiger partial charge in [-0.3, -0.25) is 0 Å². The zero-order valence-electron chi connectivity index (χ0n) is 11.3. The molecule has 1 heterocycles. The van der Waals surface area contributed by atoms with Crippen molar-refractivity contribution in [1.82, 2.24) is 4.98 Å². The van der Waals surface area contributed by atoms with Crippen LogP contribution in [0.3, 0.4) is 0 Å². The molecule has 0 N–H and O–H groups in total. The molecule has 0 aliphatic rings. The second-order valence-electron chi connectivity index (χ2n) is 4.51. The van der Waals surface area contributed by atoms with E-state index in [2.05, 4.69) is 41.4 Å². The third-order valence-corrected chi connectivity index (χ3v) is 3.22. The van der Waals surface area contributed by atoms with E-state index in [4.69, 9.17) is 4.74 Å². The minimum absolute atomic E-state index is 0.634. The number of ether oxygens (including phenoxy) is 1. The zero-order valence-corrected chi connectivity index (χ0v) is 11.3. The van der Waals surface area contributed by atoms with E-state index in [-0.39, 0.29) is 0 Å². The van der Waals surface area contributed by atoms with Gasteiger partial charge in [-0.1, -0.05) is 60.7 Å². The van der Waals surface area contributed by atoms with Crippen LogP contribution in [0.5, 0.6) is 5.88 Å². The molecule has 2 nitrogen and oxygen atoms in total. The van der Waals surface area contributed by atoms with E-state index in [9.17, 15) is 0 Å². The average Bonchev–Trinajstić information content (AvgIpc) is 2.56. The molecular formula is C18H15NO. The topological polar surface area (TPSA) is 22.1 Å². The Morgan fingerprint density at radius 3 is 2.00 bits per heavy atom. The Kier molecular flexibility index (Phi) is 3.46. The molecule has 0 aliphatic heterocycles. The summed E-state index contributed by atoms with van der Waals surface area (Å²) in [6.45, 7) is 0. The van der Waals surface area contributed by atoms with Crippen LogP contribution >= 0.6 is 0 Å². The highest BCUT2D eigenvalue weighted by atomic mass is 16.5. The predicted molar refractivity (Wildman–Crippen MR) is 81.7 cm³/mol. The third kappa shape index (κ3) is 2.54. The molecule has 0 amide bonds. The van der Waals surface area contributed by atoms with E-state index >= 15 is 0 Å². The number of hydrogen-bond acceptors (Lipinski definition) is 2. The highest BCUT2D eigenvalue weighted by Gasteiger charge is 2.02. The summed E-state index contributed by atoms with van der Waals surface area (Å²) >= 11 is 0. The van der Waals surface area contributed by atoms with Gasteiger partial charge in [0.25, 0.3) is 0 Å². The second-order valence-corrected chi connectivity index (χ2v) is 4.51. The molecule has 0 aliphatic carbocycles. The maximum Gasteiger partial charge on any atom is 0.213 e. The molecular weight excluding hydrogens is 246 g/mol. The summed E-state index contributed by atoms with van der Waals surface area (Å²) in [6.07, 6.45) is 0. The van der Waals surface area contributed by atoms with Gasteiger partial charge in [-0.2, -0.15) is 0 Å². The third-order valence-electron chi connectivity index (χ3n) is 3.22. The van der Waals surface area contributed by atoms with Gasteiger partial charge in [0, 0.05) is 11.6 Å². The van der Waals surface area contributed by atoms with Gasteiger partial charge in [0.1, 0.15) is 0 Å². The van der Waals surface area contributed by atoms with Crippen molar-refractivity contribution in [3.05, 3.63) is 72.8 Å². The van der Waals surface area contributed by atoms with Crippen molar-refractivity contribution in [3.63, 3.8) is 0 Å². The second kappa shape index (κ2) is 5.57. The maximum absolute atomic E-state index is 5.16. The van der Waals surface area contributed by atoms with E-state index in [1.165, 1.54) is 11.1 Å². The number of hydrogen-bond donors (Lipinski definition) is 0. The molecule has 3 aromatic rings. The molecule has 98 valence electrons. The molecule has 20 heavy (non-hydrogen) atoms. The van der Waals surface area contributed by atoms with Crippen molar-refractivity contribution in [1.29, 1.82) is 0 Å². The molecule has 0 spiro atoms.